The molecular weight excluding hydrogens is 258 g/mol. The first-order valence-corrected chi connectivity index (χ1v) is 7.09. The smallest absolute Gasteiger partial charge is 0.323 e. The maximum absolute atomic E-state index is 12.3. The van der Waals surface area contributed by atoms with Gasteiger partial charge in [-0.3, -0.25) is 14.3 Å². The lowest BCUT2D eigenvalue weighted by molar-refractivity contribution is -0.137. The number of amides is 1. The third-order valence-electron chi connectivity index (χ3n) is 3.25. The van der Waals surface area contributed by atoms with Crippen LogP contribution in [0.4, 0.5) is 0 Å². The molecule has 6 heteroatoms. The number of nitrogens with zero attached hydrogens (tertiary/aromatic N) is 3. The summed E-state index contributed by atoms with van der Waals surface area (Å²) in [6.07, 6.45) is 4.39. The number of carboxylic acids is 1. The molecule has 112 valence electrons. The normalized spacial score (nSPS) is 10.8. The average Bonchev–Trinajstić information content (AvgIpc) is 2.88. The van der Waals surface area contributed by atoms with Gasteiger partial charge in [0.25, 0.3) is 5.91 Å². The summed E-state index contributed by atoms with van der Waals surface area (Å²) in [7, 11) is 0. The Kier molecular flexibility index (Phi) is 6.21. The summed E-state index contributed by atoms with van der Waals surface area (Å²) in [6.45, 7) is 6.19. The first-order valence-electron chi connectivity index (χ1n) is 7.09. The minimum atomic E-state index is -1.01. The molecule has 0 fully saturated rings. The molecule has 0 aliphatic heterocycles. The maximum Gasteiger partial charge on any atom is 0.323 e. The van der Waals surface area contributed by atoms with Crippen LogP contribution in [-0.2, 0) is 4.79 Å². The van der Waals surface area contributed by atoms with E-state index in [9.17, 15) is 9.59 Å². The van der Waals surface area contributed by atoms with Crippen LogP contribution in [0.25, 0.3) is 0 Å². The molecule has 0 aliphatic carbocycles. The third kappa shape index (κ3) is 4.08. The molecule has 0 spiro atoms. The summed E-state index contributed by atoms with van der Waals surface area (Å²) in [5.74, 6) is -1.33. The van der Waals surface area contributed by atoms with E-state index in [1.165, 1.54) is 4.90 Å². The van der Waals surface area contributed by atoms with E-state index in [0.29, 0.717) is 18.7 Å². The Labute approximate surface area is 119 Å². The molecule has 1 aromatic rings. The lowest BCUT2D eigenvalue weighted by atomic mass is 10.2. The molecule has 0 radical (unpaired) electrons. The zero-order valence-corrected chi connectivity index (χ0v) is 12.4. The van der Waals surface area contributed by atoms with Gasteiger partial charge >= 0.3 is 5.97 Å². The van der Waals surface area contributed by atoms with E-state index in [-0.39, 0.29) is 18.5 Å². The monoisotopic (exact) mass is 281 g/mol. The average molecular weight is 281 g/mol. The molecule has 0 saturated carbocycles. The fourth-order valence-electron chi connectivity index (χ4n) is 2.17. The van der Waals surface area contributed by atoms with Gasteiger partial charge in [0.2, 0.25) is 0 Å². The first-order chi connectivity index (χ1) is 9.53. The highest BCUT2D eigenvalue weighted by Gasteiger charge is 2.20. The minimum absolute atomic E-state index is 0.274. The number of hydrogen-bond donors (Lipinski definition) is 1. The van der Waals surface area contributed by atoms with Crippen LogP contribution in [0.15, 0.2) is 12.3 Å². The van der Waals surface area contributed by atoms with Crippen LogP contribution in [0.3, 0.4) is 0 Å². The van der Waals surface area contributed by atoms with E-state index in [0.717, 1.165) is 12.8 Å². The van der Waals surface area contributed by atoms with Crippen molar-refractivity contribution in [2.45, 2.75) is 46.1 Å². The van der Waals surface area contributed by atoms with Crippen molar-refractivity contribution in [2.24, 2.45) is 0 Å². The molecule has 0 unspecified atom stereocenters. The predicted octanol–water partition coefficient (Wildman–Crippen LogP) is 2.18. The zero-order valence-electron chi connectivity index (χ0n) is 12.4. The van der Waals surface area contributed by atoms with Crippen molar-refractivity contribution in [2.75, 3.05) is 13.1 Å². The fraction of sp³-hybridized carbons (Fsp3) is 0.643. The van der Waals surface area contributed by atoms with E-state index >= 15 is 0 Å². The van der Waals surface area contributed by atoms with Crippen LogP contribution < -0.4 is 0 Å². The number of carboxylic acid groups (broad SMARTS) is 1. The second kappa shape index (κ2) is 7.67. The van der Waals surface area contributed by atoms with Crippen molar-refractivity contribution in [3.8, 4) is 0 Å². The lowest BCUT2D eigenvalue weighted by Gasteiger charge is -2.18. The maximum atomic E-state index is 12.3. The molecule has 1 aromatic heterocycles. The molecule has 1 heterocycles. The van der Waals surface area contributed by atoms with Gasteiger partial charge < -0.3 is 10.0 Å². The molecule has 20 heavy (non-hydrogen) atoms. The van der Waals surface area contributed by atoms with Gasteiger partial charge in [-0.2, -0.15) is 5.10 Å². The van der Waals surface area contributed by atoms with Crippen LogP contribution in [-0.4, -0.2) is 44.8 Å². The molecule has 1 amide bonds. The van der Waals surface area contributed by atoms with Gasteiger partial charge in [-0.15, -0.1) is 0 Å². The van der Waals surface area contributed by atoms with Gasteiger partial charge in [0.1, 0.15) is 12.2 Å². The Morgan fingerprint density at radius 1 is 1.35 bits per heavy atom. The summed E-state index contributed by atoms with van der Waals surface area (Å²) in [6, 6.07) is 1.93. The third-order valence-corrected chi connectivity index (χ3v) is 3.25. The second-order valence-corrected chi connectivity index (χ2v) is 4.77. The van der Waals surface area contributed by atoms with Crippen molar-refractivity contribution in [1.82, 2.24) is 14.7 Å². The van der Waals surface area contributed by atoms with Crippen molar-refractivity contribution >= 4 is 11.9 Å². The number of carbonyl (C=O) groups excluding carboxylic acids is 1. The van der Waals surface area contributed by atoms with E-state index in [1.54, 1.807) is 16.9 Å². The largest absolute Gasteiger partial charge is 0.480 e. The van der Waals surface area contributed by atoms with E-state index in [4.69, 9.17) is 5.11 Å². The molecule has 1 N–H and O–H groups in total. The Morgan fingerprint density at radius 3 is 2.50 bits per heavy atom. The van der Waals surface area contributed by atoms with Crippen LogP contribution >= 0.6 is 0 Å². The van der Waals surface area contributed by atoms with Crippen LogP contribution in [0.5, 0.6) is 0 Å². The van der Waals surface area contributed by atoms with Crippen molar-refractivity contribution < 1.29 is 14.7 Å². The van der Waals surface area contributed by atoms with Gasteiger partial charge in [-0.05, 0) is 25.3 Å². The topological polar surface area (TPSA) is 75.4 Å². The Balaban J connectivity index is 2.86. The number of rotatable bonds is 8. The highest BCUT2D eigenvalue weighted by molar-refractivity contribution is 5.94. The summed E-state index contributed by atoms with van der Waals surface area (Å²) in [5.41, 5.74) is 0.312. The van der Waals surface area contributed by atoms with Gasteiger partial charge in [0.15, 0.2) is 0 Å². The SMILES string of the molecule is CCCN(CC(=O)O)C(=O)c1ccn(C(CC)CC)n1. The highest BCUT2D eigenvalue weighted by atomic mass is 16.4. The van der Waals surface area contributed by atoms with Crippen LogP contribution in [0.1, 0.15) is 56.6 Å². The lowest BCUT2D eigenvalue weighted by Crippen LogP contribution is -2.36. The zero-order chi connectivity index (χ0) is 15.1. The van der Waals surface area contributed by atoms with Crippen LogP contribution in [0.2, 0.25) is 0 Å². The molecule has 0 atom stereocenters. The summed E-state index contributed by atoms with van der Waals surface area (Å²) >= 11 is 0. The number of hydrogen-bond acceptors (Lipinski definition) is 3. The quantitative estimate of drug-likeness (QED) is 0.792. The molecular formula is C14H23N3O3. The van der Waals surface area contributed by atoms with Gasteiger partial charge in [0.05, 0.1) is 6.04 Å². The number of carbonyl (C=O) groups is 2. The van der Waals surface area contributed by atoms with E-state index in [1.807, 2.05) is 6.92 Å². The molecule has 0 saturated heterocycles. The second-order valence-electron chi connectivity index (χ2n) is 4.77. The molecule has 1 rings (SSSR count). The van der Waals surface area contributed by atoms with Crippen molar-refractivity contribution in [1.29, 1.82) is 0 Å². The number of aromatic nitrogens is 2. The predicted molar refractivity (Wildman–Crippen MR) is 75.7 cm³/mol. The first kappa shape index (κ1) is 16.2. The summed E-state index contributed by atoms with van der Waals surface area (Å²) < 4.78 is 1.79. The van der Waals surface area contributed by atoms with E-state index in [2.05, 4.69) is 18.9 Å². The highest BCUT2D eigenvalue weighted by Crippen LogP contribution is 2.15. The van der Waals surface area contributed by atoms with E-state index < -0.39 is 5.97 Å². The van der Waals surface area contributed by atoms with Crippen molar-refractivity contribution in [3.63, 3.8) is 0 Å². The minimum Gasteiger partial charge on any atom is -0.480 e. The summed E-state index contributed by atoms with van der Waals surface area (Å²) in [5, 5.41) is 13.2. The molecule has 0 aliphatic rings. The molecule has 0 bridgehead atoms. The Bertz CT molecular complexity index is 452. The van der Waals surface area contributed by atoms with Crippen LogP contribution in [0, 0.1) is 0 Å². The number of aliphatic carboxylic acids is 1. The van der Waals surface area contributed by atoms with Gasteiger partial charge in [0, 0.05) is 12.7 Å². The summed E-state index contributed by atoms with van der Waals surface area (Å²) in [4.78, 5) is 24.4. The standard InChI is InChI=1S/C14H23N3O3/c1-4-8-16(10-13(18)19)14(20)12-7-9-17(15-12)11(5-2)6-3/h7,9,11H,4-6,8,10H2,1-3H3,(H,18,19). The molecule has 6 nitrogen and oxygen atoms in total. The van der Waals surface area contributed by atoms with Gasteiger partial charge in [-0.1, -0.05) is 20.8 Å². The fourth-order valence-corrected chi connectivity index (χ4v) is 2.17. The van der Waals surface area contributed by atoms with Crippen molar-refractivity contribution in [3.05, 3.63) is 18.0 Å². The Morgan fingerprint density at radius 2 is 2.00 bits per heavy atom. The molecule has 0 aromatic carbocycles. The Hall–Kier alpha value is -1.85. The van der Waals surface area contributed by atoms with Gasteiger partial charge in [-0.25, -0.2) is 0 Å².